The van der Waals surface area contributed by atoms with Crippen molar-refractivity contribution in [2.24, 2.45) is 5.41 Å². The molecule has 1 N–H and O–H groups in total. The minimum absolute atomic E-state index is 0. The van der Waals surface area contributed by atoms with E-state index in [0.29, 0.717) is 12.5 Å². The van der Waals surface area contributed by atoms with Crippen LogP contribution in [0.25, 0.3) is 0 Å². The van der Waals surface area contributed by atoms with Gasteiger partial charge in [0.25, 0.3) is 0 Å². The third kappa shape index (κ3) is 7.47. The van der Waals surface area contributed by atoms with Gasteiger partial charge in [0.1, 0.15) is 12.4 Å². The van der Waals surface area contributed by atoms with Crippen molar-refractivity contribution in [3.05, 3.63) is 64.1 Å². The number of nitrogens with one attached hydrogen (secondary N) is 1. The highest BCUT2D eigenvalue weighted by atomic mass is 79.9. The second kappa shape index (κ2) is 13.6. The van der Waals surface area contributed by atoms with Crippen molar-refractivity contribution in [3.8, 4) is 5.75 Å². The molecule has 0 aliphatic carbocycles. The molecular weight excluding hydrogens is 558 g/mol. The van der Waals surface area contributed by atoms with Crippen LogP contribution in [0.4, 0.5) is 0 Å². The lowest BCUT2D eigenvalue weighted by molar-refractivity contribution is -0.139. The molecule has 2 aromatic rings. The number of methoxy groups -OCH3 is 2. The van der Waals surface area contributed by atoms with E-state index in [9.17, 15) is 9.59 Å². The van der Waals surface area contributed by atoms with Crippen LogP contribution in [0.3, 0.4) is 0 Å². The Kier molecular flexibility index (Phi) is 10.8. The summed E-state index contributed by atoms with van der Waals surface area (Å²) in [7, 11) is 3.17. The molecule has 0 radical (unpaired) electrons. The predicted molar refractivity (Wildman–Crippen MR) is 150 cm³/mol. The minimum atomic E-state index is -0.214. The molecule has 202 valence electrons. The first-order valence-corrected chi connectivity index (χ1v) is 13.4. The number of benzene rings is 2. The summed E-state index contributed by atoms with van der Waals surface area (Å²) >= 11 is 3.48. The van der Waals surface area contributed by atoms with E-state index in [1.54, 1.807) is 7.11 Å². The Labute approximate surface area is 234 Å². The lowest BCUT2D eigenvalue weighted by Crippen LogP contribution is -2.45. The Bertz CT molecular complexity index is 1030. The van der Waals surface area contributed by atoms with E-state index in [0.717, 1.165) is 67.6 Å². The number of nitrogens with zero attached hydrogens (tertiary/aromatic N) is 2. The van der Waals surface area contributed by atoms with Crippen LogP contribution in [0.15, 0.2) is 53.0 Å². The van der Waals surface area contributed by atoms with Crippen LogP contribution in [0.5, 0.6) is 5.75 Å². The molecule has 1 atom stereocenters. The number of likely N-dealkylation sites (tertiary alicyclic amines) is 2. The van der Waals surface area contributed by atoms with Crippen LogP contribution in [-0.4, -0.2) is 68.6 Å². The summed E-state index contributed by atoms with van der Waals surface area (Å²) in [6, 6.07) is 15.9. The summed E-state index contributed by atoms with van der Waals surface area (Å²) in [5.74, 6) is 0.976. The second-order valence-corrected chi connectivity index (χ2v) is 10.8. The standard InChI is InChI=1S/C28H36BrN3O4.ClH/c1-35-20-26(33)30-25(22-5-9-24(36-2)10-6-22)11-15-31-16-12-28(13-17-31)14-18-32(27(28)34)19-21-3-7-23(29)8-4-21;/h3-10,25H,11-20H2,1-2H3,(H,30,33);1H. The number of hydrogen-bond acceptors (Lipinski definition) is 5. The van der Waals surface area contributed by atoms with Crippen molar-refractivity contribution in [1.82, 2.24) is 15.1 Å². The second-order valence-electron chi connectivity index (χ2n) is 9.84. The lowest BCUT2D eigenvalue weighted by atomic mass is 9.77. The number of halogens is 2. The summed E-state index contributed by atoms with van der Waals surface area (Å²) in [5, 5.41) is 3.10. The smallest absolute Gasteiger partial charge is 0.246 e. The van der Waals surface area contributed by atoms with Crippen molar-refractivity contribution >= 4 is 40.2 Å². The van der Waals surface area contributed by atoms with Gasteiger partial charge in [0.2, 0.25) is 11.8 Å². The molecule has 2 aromatic carbocycles. The van der Waals surface area contributed by atoms with Crippen LogP contribution >= 0.6 is 28.3 Å². The Balaban J connectivity index is 0.00000380. The first kappa shape index (κ1) is 29.4. The van der Waals surface area contributed by atoms with Crippen molar-refractivity contribution in [2.75, 3.05) is 47.0 Å². The van der Waals surface area contributed by atoms with Crippen molar-refractivity contribution < 1.29 is 19.1 Å². The van der Waals surface area contributed by atoms with Crippen LogP contribution in [0.2, 0.25) is 0 Å². The van der Waals surface area contributed by atoms with Gasteiger partial charge >= 0.3 is 0 Å². The van der Waals surface area contributed by atoms with Gasteiger partial charge in [-0.1, -0.05) is 40.2 Å². The largest absolute Gasteiger partial charge is 0.497 e. The minimum Gasteiger partial charge on any atom is -0.497 e. The highest BCUT2D eigenvalue weighted by Crippen LogP contribution is 2.42. The zero-order valence-electron chi connectivity index (χ0n) is 21.6. The Morgan fingerprint density at radius 2 is 1.68 bits per heavy atom. The van der Waals surface area contributed by atoms with E-state index in [-0.39, 0.29) is 36.4 Å². The quantitative estimate of drug-likeness (QED) is 0.436. The molecule has 1 unspecified atom stereocenters. The van der Waals surface area contributed by atoms with Gasteiger partial charge in [-0.2, -0.15) is 0 Å². The fraction of sp³-hybridized carbons (Fsp3) is 0.500. The van der Waals surface area contributed by atoms with Gasteiger partial charge in [-0.25, -0.2) is 0 Å². The SMILES string of the molecule is COCC(=O)NC(CCN1CCC2(CC1)CCN(Cc1ccc(Br)cc1)C2=O)c1ccc(OC)cc1.Cl. The zero-order chi connectivity index (χ0) is 25.5. The third-order valence-corrected chi connectivity index (χ3v) is 8.09. The lowest BCUT2D eigenvalue weighted by Gasteiger charge is -2.38. The van der Waals surface area contributed by atoms with Crippen LogP contribution in [0, 0.1) is 5.41 Å². The summed E-state index contributed by atoms with van der Waals surface area (Å²) in [5.41, 5.74) is 2.00. The van der Waals surface area contributed by atoms with Gasteiger partial charge in [-0.05, 0) is 74.2 Å². The van der Waals surface area contributed by atoms with E-state index in [4.69, 9.17) is 9.47 Å². The average Bonchev–Trinajstić information content (AvgIpc) is 3.19. The summed E-state index contributed by atoms with van der Waals surface area (Å²) in [6.07, 6.45) is 3.52. The molecule has 7 nitrogen and oxygen atoms in total. The molecule has 0 aromatic heterocycles. The first-order valence-electron chi connectivity index (χ1n) is 12.6. The number of amides is 2. The molecular formula is C28H37BrClN3O4. The van der Waals surface area contributed by atoms with E-state index < -0.39 is 0 Å². The maximum Gasteiger partial charge on any atom is 0.246 e. The molecule has 0 bridgehead atoms. The van der Waals surface area contributed by atoms with E-state index in [2.05, 4.69) is 38.3 Å². The number of carbonyl (C=O) groups is 2. The Morgan fingerprint density at radius 1 is 1.03 bits per heavy atom. The molecule has 2 aliphatic heterocycles. The van der Waals surface area contributed by atoms with Gasteiger partial charge < -0.3 is 24.6 Å². The fourth-order valence-corrected chi connectivity index (χ4v) is 5.62. The molecule has 2 amide bonds. The maximum absolute atomic E-state index is 13.4. The average molecular weight is 595 g/mol. The van der Waals surface area contributed by atoms with E-state index in [1.165, 1.54) is 12.7 Å². The summed E-state index contributed by atoms with van der Waals surface area (Å²) < 4.78 is 11.3. The molecule has 9 heteroatoms. The zero-order valence-corrected chi connectivity index (χ0v) is 24.0. The topological polar surface area (TPSA) is 71.1 Å². The number of rotatable bonds is 10. The Morgan fingerprint density at radius 3 is 2.30 bits per heavy atom. The number of piperidine rings is 1. The first-order chi connectivity index (χ1) is 17.4. The number of carbonyl (C=O) groups excluding carboxylic acids is 2. The Hall–Kier alpha value is -2.13. The third-order valence-electron chi connectivity index (χ3n) is 7.56. The van der Waals surface area contributed by atoms with Gasteiger partial charge in [0, 0.05) is 31.2 Å². The van der Waals surface area contributed by atoms with Crippen LogP contribution in [-0.2, 0) is 20.9 Å². The monoisotopic (exact) mass is 593 g/mol. The maximum atomic E-state index is 13.4. The van der Waals surface area contributed by atoms with Crippen molar-refractivity contribution in [2.45, 2.75) is 38.3 Å². The molecule has 0 saturated carbocycles. The molecule has 1 spiro atoms. The molecule has 4 rings (SSSR count). The van der Waals surface area contributed by atoms with Crippen molar-refractivity contribution in [3.63, 3.8) is 0 Å². The van der Waals surface area contributed by atoms with Gasteiger partial charge in [0.15, 0.2) is 0 Å². The normalized spacial score (nSPS) is 17.9. The number of ether oxygens (including phenoxy) is 2. The molecule has 37 heavy (non-hydrogen) atoms. The highest BCUT2D eigenvalue weighted by Gasteiger charge is 2.47. The van der Waals surface area contributed by atoms with Crippen LogP contribution in [0.1, 0.15) is 42.9 Å². The van der Waals surface area contributed by atoms with Gasteiger partial charge in [-0.3, -0.25) is 9.59 Å². The number of hydrogen-bond donors (Lipinski definition) is 1. The van der Waals surface area contributed by atoms with Gasteiger partial charge in [0.05, 0.1) is 18.6 Å². The molecule has 2 saturated heterocycles. The van der Waals surface area contributed by atoms with E-state index >= 15 is 0 Å². The predicted octanol–water partition coefficient (Wildman–Crippen LogP) is 4.59. The van der Waals surface area contributed by atoms with Crippen LogP contribution < -0.4 is 10.1 Å². The van der Waals surface area contributed by atoms with E-state index in [1.807, 2.05) is 41.3 Å². The summed E-state index contributed by atoms with van der Waals surface area (Å²) in [4.78, 5) is 30.1. The molecule has 2 fully saturated rings. The fourth-order valence-electron chi connectivity index (χ4n) is 5.36. The molecule has 2 heterocycles. The summed E-state index contributed by atoms with van der Waals surface area (Å²) in [6.45, 7) is 4.22. The van der Waals surface area contributed by atoms with Gasteiger partial charge in [-0.15, -0.1) is 12.4 Å². The molecule has 2 aliphatic rings. The highest BCUT2D eigenvalue weighted by molar-refractivity contribution is 9.10. The van der Waals surface area contributed by atoms with Crippen molar-refractivity contribution in [1.29, 1.82) is 0 Å².